The normalized spacial score (nSPS) is 20.3. The highest BCUT2D eigenvalue weighted by atomic mass is 35.5. The van der Waals surface area contributed by atoms with Crippen molar-refractivity contribution in [2.45, 2.75) is 30.6 Å². The predicted molar refractivity (Wildman–Crippen MR) is 119 cm³/mol. The van der Waals surface area contributed by atoms with Gasteiger partial charge >= 0.3 is 0 Å². The van der Waals surface area contributed by atoms with E-state index in [9.17, 15) is 13.2 Å². The number of benzene rings is 1. The van der Waals surface area contributed by atoms with Crippen molar-refractivity contribution in [2.75, 3.05) is 59.4 Å². The third-order valence-electron chi connectivity index (χ3n) is 6.07. The molecule has 9 heteroatoms. The highest BCUT2D eigenvalue weighted by molar-refractivity contribution is 7.89. The van der Waals surface area contributed by atoms with Crippen LogP contribution in [-0.2, 0) is 14.8 Å². The SMILES string of the molecule is CN1CCN(CCCNC(=O)CC2CCN(S(=O)(=O)c3ccc(Cl)cc3)CC2)CC1. The second kappa shape index (κ2) is 10.9. The van der Waals surface area contributed by atoms with Crippen LogP contribution in [0.5, 0.6) is 0 Å². The Balaban J connectivity index is 1.34. The van der Waals surface area contributed by atoms with Crippen LogP contribution in [0.4, 0.5) is 0 Å². The van der Waals surface area contributed by atoms with E-state index in [1.54, 1.807) is 24.3 Å². The summed E-state index contributed by atoms with van der Waals surface area (Å²) in [7, 11) is -1.35. The highest BCUT2D eigenvalue weighted by Gasteiger charge is 2.30. The van der Waals surface area contributed by atoms with Crippen LogP contribution in [0.3, 0.4) is 0 Å². The van der Waals surface area contributed by atoms with Gasteiger partial charge in [0.25, 0.3) is 0 Å². The molecule has 0 radical (unpaired) electrons. The molecule has 0 unspecified atom stereocenters. The first-order valence-electron chi connectivity index (χ1n) is 10.8. The number of hydrogen-bond donors (Lipinski definition) is 1. The van der Waals surface area contributed by atoms with Gasteiger partial charge < -0.3 is 15.1 Å². The molecule has 1 amide bonds. The monoisotopic (exact) mass is 456 g/mol. The number of piperidine rings is 1. The summed E-state index contributed by atoms with van der Waals surface area (Å²) in [5.41, 5.74) is 0. The first kappa shape index (κ1) is 23.5. The van der Waals surface area contributed by atoms with Crippen LogP contribution < -0.4 is 5.32 Å². The lowest BCUT2D eigenvalue weighted by molar-refractivity contribution is -0.122. The van der Waals surface area contributed by atoms with Crippen LogP contribution in [0, 0.1) is 5.92 Å². The Morgan fingerprint density at radius 3 is 2.33 bits per heavy atom. The van der Waals surface area contributed by atoms with Gasteiger partial charge in [-0.05, 0) is 63.0 Å². The summed E-state index contributed by atoms with van der Waals surface area (Å²) >= 11 is 5.85. The van der Waals surface area contributed by atoms with E-state index < -0.39 is 10.0 Å². The molecule has 0 aromatic heterocycles. The zero-order valence-corrected chi connectivity index (χ0v) is 19.3. The van der Waals surface area contributed by atoms with Crippen molar-refractivity contribution in [1.29, 1.82) is 0 Å². The minimum absolute atomic E-state index is 0.0763. The highest BCUT2D eigenvalue weighted by Crippen LogP contribution is 2.26. The van der Waals surface area contributed by atoms with E-state index in [2.05, 4.69) is 22.2 Å². The van der Waals surface area contributed by atoms with Crippen LogP contribution in [0.15, 0.2) is 29.2 Å². The molecule has 0 atom stereocenters. The van der Waals surface area contributed by atoms with Crippen molar-refractivity contribution in [3.05, 3.63) is 29.3 Å². The molecule has 0 bridgehead atoms. The maximum atomic E-state index is 12.7. The summed E-state index contributed by atoms with van der Waals surface area (Å²) < 4.78 is 27.0. The number of carbonyl (C=O) groups excluding carboxylic acids is 1. The Bertz CT molecular complexity index is 787. The Morgan fingerprint density at radius 1 is 1.07 bits per heavy atom. The quantitative estimate of drug-likeness (QED) is 0.605. The summed E-state index contributed by atoms with van der Waals surface area (Å²) in [6.07, 6.45) is 2.86. The van der Waals surface area contributed by atoms with E-state index in [1.807, 2.05) is 0 Å². The molecule has 0 aliphatic carbocycles. The van der Waals surface area contributed by atoms with Gasteiger partial charge in [0.15, 0.2) is 0 Å². The number of rotatable bonds is 8. The van der Waals surface area contributed by atoms with E-state index >= 15 is 0 Å². The van der Waals surface area contributed by atoms with Crippen molar-refractivity contribution in [1.82, 2.24) is 19.4 Å². The molecular weight excluding hydrogens is 424 g/mol. The number of hydrogen-bond acceptors (Lipinski definition) is 5. The molecule has 2 aliphatic rings. The van der Waals surface area contributed by atoms with Gasteiger partial charge in [0.1, 0.15) is 0 Å². The fourth-order valence-corrected chi connectivity index (χ4v) is 5.64. The van der Waals surface area contributed by atoms with Gasteiger partial charge in [-0.3, -0.25) is 4.79 Å². The van der Waals surface area contributed by atoms with Gasteiger partial charge in [-0.2, -0.15) is 4.31 Å². The smallest absolute Gasteiger partial charge is 0.243 e. The number of carbonyl (C=O) groups is 1. The van der Waals surface area contributed by atoms with Crippen molar-refractivity contribution in [3.8, 4) is 0 Å². The number of piperazine rings is 1. The van der Waals surface area contributed by atoms with Crippen LogP contribution in [0.1, 0.15) is 25.7 Å². The van der Waals surface area contributed by atoms with Crippen molar-refractivity contribution >= 4 is 27.5 Å². The van der Waals surface area contributed by atoms with E-state index in [0.717, 1.165) is 39.1 Å². The Kier molecular flexibility index (Phi) is 8.53. The van der Waals surface area contributed by atoms with E-state index in [1.165, 1.54) is 4.31 Å². The maximum absolute atomic E-state index is 12.7. The zero-order valence-electron chi connectivity index (χ0n) is 17.7. The van der Waals surface area contributed by atoms with E-state index in [4.69, 9.17) is 11.6 Å². The lowest BCUT2D eigenvalue weighted by atomic mass is 9.94. The Labute approximate surface area is 185 Å². The number of likely N-dealkylation sites (N-methyl/N-ethyl adjacent to an activating group) is 1. The molecule has 3 rings (SSSR count). The van der Waals surface area contributed by atoms with Crippen LogP contribution in [-0.4, -0.2) is 87.8 Å². The van der Waals surface area contributed by atoms with E-state index in [-0.39, 0.29) is 16.7 Å². The first-order valence-corrected chi connectivity index (χ1v) is 12.6. The topological polar surface area (TPSA) is 73.0 Å². The minimum atomic E-state index is -3.50. The lowest BCUT2D eigenvalue weighted by Crippen LogP contribution is -2.45. The summed E-state index contributed by atoms with van der Waals surface area (Å²) in [5, 5.41) is 3.55. The van der Waals surface area contributed by atoms with Crippen LogP contribution >= 0.6 is 11.6 Å². The largest absolute Gasteiger partial charge is 0.356 e. The molecule has 7 nitrogen and oxygen atoms in total. The van der Waals surface area contributed by atoms with Crippen molar-refractivity contribution in [3.63, 3.8) is 0 Å². The number of amides is 1. The maximum Gasteiger partial charge on any atom is 0.243 e. The fraction of sp³-hybridized carbons (Fsp3) is 0.667. The van der Waals surface area contributed by atoms with Gasteiger partial charge in [0.05, 0.1) is 4.90 Å². The predicted octanol–water partition coefficient (Wildman–Crippen LogP) is 1.88. The molecule has 2 fully saturated rings. The number of sulfonamides is 1. The number of nitrogens with one attached hydrogen (secondary N) is 1. The van der Waals surface area contributed by atoms with Gasteiger partial charge in [-0.1, -0.05) is 11.6 Å². The molecule has 0 saturated carbocycles. The number of halogens is 1. The molecule has 1 aromatic carbocycles. The molecule has 0 spiro atoms. The molecular formula is C21H33ClN4O3S. The molecule has 168 valence electrons. The standard InChI is InChI=1S/C21H33ClN4O3S/c1-24-13-15-25(16-14-24)10-2-9-23-21(27)17-18-7-11-26(12-8-18)30(28,29)20-5-3-19(22)4-6-20/h3-6,18H,2,7-17H2,1H3,(H,23,27). The summed E-state index contributed by atoms with van der Waals surface area (Å²) in [4.78, 5) is 17.3. The van der Waals surface area contributed by atoms with Crippen LogP contribution in [0.2, 0.25) is 5.02 Å². The third-order valence-corrected chi connectivity index (χ3v) is 8.23. The van der Waals surface area contributed by atoms with Gasteiger partial charge in [0, 0.05) is 57.3 Å². The van der Waals surface area contributed by atoms with Gasteiger partial charge in [-0.25, -0.2) is 8.42 Å². The summed E-state index contributed by atoms with van der Waals surface area (Å²) in [5.74, 6) is 0.312. The fourth-order valence-electron chi connectivity index (χ4n) is 4.05. The van der Waals surface area contributed by atoms with Crippen molar-refractivity contribution < 1.29 is 13.2 Å². The Morgan fingerprint density at radius 2 is 1.70 bits per heavy atom. The van der Waals surface area contributed by atoms with E-state index in [0.29, 0.717) is 43.9 Å². The molecule has 2 heterocycles. The molecule has 2 aliphatic heterocycles. The average molecular weight is 457 g/mol. The first-order chi connectivity index (χ1) is 14.3. The average Bonchev–Trinajstić information content (AvgIpc) is 2.73. The lowest BCUT2D eigenvalue weighted by Gasteiger charge is -2.32. The minimum Gasteiger partial charge on any atom is -0.356 e. The molecule has 1 aromatic rings. The number of nitrogens with zero attached hydrogens (tertiary/aromatic N) is 3. The summed E-state index contributed by atoms with van der Waals surface area (Å²) in [6.45, 7) is 7.05. The Hall–Kier alpha value is -1.19. The second-order valence-electron chi connectivity index (χ2n) is 8.35. The van der Waals surface area contributed by atoms with Gasteiger partial charge in [0.2, 0.25) is 15.9 Å². The van der Waals surface area contributed by atoms with Crippen LogP contribution in [0.25, 0.3) is 0 Å². The molecule has 2 saturated heterocycles. The zero-order chi connectivity index (χ0) is 21.6. The second-order valence-corrected chi connectivity index (χ2v) is 10.7. The molecule has 30 heavy (non-hydrogen) atoms. The third kappa shape index (κ3) is 6.65. The van der Waals surface area contributed by atoms with Crippen molar-refractivity contribution in [2.24, 2.45) is 5.92 Å². The molecule has 1 N–H and O–H groups in total. The van der Waals surface area contributed by atoms with Gasteiger partial charge in [-0.15, -0.1) is 0 Å². The summed E-state index contributed by atoms with van der Waals surface area (Å²) in [6, 6.07) is 6.27.